The summed E-state index contributed by atoms with van der Waals surface area (Å²) in [5.74, 6) is 1.50. The number of ether oxygens (including phenoxy) is 1. The highest BCUT2D eigenvalue weighted by molar-refractivity contribution is 5.57. The van der Waals surface area contributed by atoms with E-state index in [0.717, 1.165) is 17.9 Å². The lowest BCUT2D eigenvalue weighted by molar-refractivity contribution is 0.198. The number of hydrogen-bond acceptors (Lipinski definition) is 4. The fourth-order valence-electron chi connectivity index (χ4n) is 2.03. The molecule has 114 valence electrons. The zero-order chi connectivity index (χ0) is 15.3. The van der Waals surface area contributed by atoms with Crippen LogP contribution in [0.1, 0.15) is 32.2 Å². The molecular formula is C17H24N2O2. The van der Waals surface area contributed by atoms with Crippen LogP contribution in [0.3, 0.4) is 0 Å². The Kier molecular flexibility index (Phi) is 5.15. The number of rotatable bonds is 6. The highest BCUT2D eigenvalue weighted by Crippen LogP contribution is 2.26. The summed E-state index contributed by atoms with van der Waals surface area (Å²) in [4.78, 5) is 4.29. The quantitative estimate of drug-likeness (QED) is 0.828. The first kappa shape index (κ1) is 15.7. The lowest BCUT2D eigenvalue weighted by Crippen LogP contribution is -2.18. The van der Waals surface area contributed by atoms with Gasteiger partial charge in [0, 0.05) is 19.2 Å². The molecule has 1 aromatic heterocycles. The second kappa shape index (κ2) is 6.87. The van der Waals surface area contributed by atoms with Crippen LogP contribution >= 0.6 is 0 Å². The van der Waals surface area contributed by atoms with Gasteiger partial charge in [0.1, 0.15) is 0 Å². The SMILES string of the molecule is COCCNCc1ncc(-c2ccc(C(C)(C)C)cc2)o1. The third-order valence-electron chi connectivity index (χ3n) is 3.35. The van der Waals surface area contributed by atoms with E-state index in [0.29, 0.717) is 19.0 Å². The monoisotopic (exact) mass is 288 g/mol. The first-order valence-corrected chi connectivity index (χ1v) is 7.26. The Labute approximate surface area is 126 Å². The van der Waals surface area contributed by atoms with Gasteiger partial charge in [-0.1, -0.05) is 45.0 Å². The standard InChI is InChI=1S/C17H24N2O2/c1-17(2,3)14-7-5-13(6-8-14)15-11-19-16(21-15)12-18-9-10-20-4/h5-8,11,18H,9-10,12H2,1-4H3. The Morgan fingerprint density at radius 3 is 2.52 bits per heavy atom. The molecule has 1 heterocycles. The van der Waals surface area contributed by atoms with Crippen molar-refractivity contribution in [2.24, 2.45) is 0 Å². The molecule has 2 aromatic rings. The molecule has 1 aromatic carbocycles. The number of benzene rings is 1. The molecule has 0 unspecified atom stereocenters. The van der Waals surface area contributed by atoms with Gasteiger partial charge in [0.25, 0.3) is 0 Å². The molecule has 2 rings (SSSR count). The molecule has 0 aliphatic carbocycles. The molecule has 0 saturated heterocycles. The van der Waals surface area contributed by atoms with Gasteiger partial charge in [-0.25, -0.2) is 4.98 Å². The summed E-state index contributed by atoms with van der Waals surface area (Å²) < 4.78 is 10.7. The van der Waals surface area contributed by atoms with E-state index in [4.69, 9.17) is 9.15 Å². The van der Waals surface area contributed by atoms with E-state index in [2.05, 4.69) is 55.3 Å². The van der Waals surface area contributed by atoms with Crippen molar-refractivity contribution in [3.05, 3.63) is 41.9 Å². The topological polar surface area (TPSA) is 47.3 Å². The zero-order valence-corrected chi connectivity index (χ0v) is 13.3. The minimum atomic E-state index is 0.163. The second-order valence-corrected chi connectivity index (χ2v) is 6.12. The second-order valence-electron chi connectivity index (χ2n) is 6.12. The summed E-state index contributed by atoms with van der Waals surface area (Å²) in [7, 11) is 1.69. The summed E-state index contributed by atoms with van der Waals surface area (Å²) in [5.41, 5.74) is 2.53. The van der Waals surface area contributed by atoms with Crippen molar-refractivity contribution in [1.29, 1.82) is 0 Å². The maximum Gasteiger partial charge on any atom is 0.208 e. The Bertz CT molecular complexity index is 553. The molecule has 4 heteroatoms. The van der Waals surface area contributed by atoms with Crippen LogP contribution in [0.25, 0.3) is 11.3 Å². The molecule has 0 amide bonds. The van der Waals surface area contributed by atoms with Crippen LogP contribution in [0.2, 0.25) is 0 Å². The first-order chi connectivity index (χ1) is 10.0. The van der Waals surface area contributed by atoms with E-state index >= 15 is 0 Å². The van der Waals surface area contributed by atoms with Crippen molar-refractivity contribution < 1.29 is 9.15 Å². The first-order valence-electron chi connectivity index (χ1n) is 7.26. The number of hydrogen-bond donors (Lipinski definition) is 1. The molecule has 0 bridgehead atoms. The summed E-state index contributed by atoms with van der Waals surface area (Å²) >= 11 is 0. The number of aromatic nitrogens is 1. The van der Waals surface area contributed by atoms with E-state index in [1.54, 1.807) is 13.3 Å². The van der Waals surface area contributed by atoms with Gasteiger partial charge in [-0.2, -0.15) is 0 Å². The normalized spacial score (nSPS) is 11.8. The number of nitrogens with one attached hydrogen (secondary N) is 1. The molecule has 0 aliphatic rings. The molecule has 0 fully saturated rings. The van der Waals surface area contributed by atoms with Gasteiger partial charge in [-0.05, 0) is 11.0 Å². The van der Waals surface area contributed by atoms with Crippen LogP contribution in [-0.4, -0.2) is 25.2 Å². The molecule has 0 aliphatic heterocycles. The highest BCUT2D eigenvalue weighted by Gasteiger charge is 2.14. The van der Waals surface area contributed by atoms with Gasteiger partial charge in [-0.3, -0.25) is 0 Å². The van der Waals surface area contributed by atoms with Crippen LogP contribution in [-0.2, 0) is 16.7 Å². The molecule has 4 nitrogen and oxygen atoms in total. The molecule has 0 atom stereocenters. The fraction of sp³-hybridized carbons (Fsp3) is 0.471. The summed E-state index contributed by atoms with van der Waals surface area (Å²) in [6.07, 6.45) is 1.78. The smallest absolute Gasteiger partial charge is 0.208 e. The van der Waals surface area contributed by atoms with Gasteiger partial charge >= 0.3 is 0 Å². The Balaban J connectivity index is 2.00. The van der Waals surface area contributed by atoms with Crippen molar-refractivity contribution in [3.8, 4) is 11.3 Å². The predicted octanol–water partition coefficient (Wildman–Crippen LogP) is 3.38. The third-order valence-corrected chi connectivity index (χ3v) is 3.35. The van der Waals surface area contributed by atoms with Crippen LogP contribution in [0, 0.1) is 0 Å². The van der Waals surface area contributed by atoms with Gasteiger partial charge < -0.3 is 14.5 Å². The predicted molar refractivity (Wildman–Crippen MR) is 84.2 cm³/mol. The van der Waals surface area contributed by atoms with E-state index < -0.39 is 0 Å². The van der Waals surface area contributed by atoms with Crippen LogP contribution in [0.4, 0.5) is 0 Å². The zero-order valence-electron chi connectivity index (χ0n) is 13.3. The number of oxazole rings is 1. The summed E-state index contributed by atoms with van der Waals surface area (Å²) in [6, 6.07) is 8.47. The largest absolute Gasteiger partial charge is 0.439 e. The number of nitrogens with zero attached hydrogens (tertiary/aromatic N) is 1. The molecule has 0 saturated carbocycles. The van der Waals surface area contributed by atoms with Crippen molar-refractivity contribution in [2.45, 2.75) is 32.7 Å². The highest BCUT2D eigenvalue weighted by atomic mass is 16.5. The van der Waals surface area contributed by atoms with Crippen molar-refractivity contribution in [1.82, 2.24) is 10.3 Å². The van der Waals surface area contributed by atoms with E-state index in [1.165, 1.54) is 5.56 Å². The van der Waals surface area contributed by atoms with E-state index in [1.807, 2.05) is 0 Å². The Hall–Kier alpha value is -1.65. The maximum atomic E-state index is 5.76. The fourth-order valence-corrected chi connectivity index (χ4v) is 2.03. The lowest BCUT2D eigenvalue weighted by atomic mass is 9.86. The molecule has 1 N–H and O–H groups in total. The minimum absolute atomic E-state index is 0.163. The van der Waals surface area contributed by atoms with Crippen molar-refractivity contribution >= 4 is 0 Å². The minimum Gasteiger partial charge on any atom is -0.439 e. The average Bonchev–Trinajstić information content (AvgIpc) is 2.92. The molecule has 0 spiro atoms. The van der Waals surface area contributed by atoms with Gasteiger partial charge in [0.2, 0.25) is 5.89 Å². The molecular weight excluding hydrogens is 264 g/mol. The Morgan fingerprint density at radius 1 is 1.19 bits per heavy atom. The average molecular weight is 288 g/mol. The van der Waals surface area contributed by atoms with Gasteiger partial charge in [0.15, 0.2) is 5.76 Å². The Morgan fingerprint density at radius 2 is 1.90 bits per heavy atom. The van der Waals surface area contributed by atoms with Crippen LogP contribution in [0.15, 0.2) is 34.9 Å². The van der Waals surface area contributed by atoms with Gasteiger partial charge in [-0.15, -0.1) is 0 Å². The van der Waals surface area contributed by atoms with E-state index in [9.17, 15) is 0 Å². The molecule has 21 heavy (non-hydrogen) atoms. The number of methoxy groups -OCH3 is 1. The van der Waals surface area contributed by atoms with E-state index in [-0.39, 0.29) is 5.41 Å². The maximum absolute atomic E-state index is 5.76. The van der Waals surface area contributed by atoms with Crippen molar-refractivity contribution in [3.63, 3.8) is 0 Å². The van der Waals surface area contributed by atoms with Crippen molar-refractivity contribution in [2.75, 3.05) is 20.3 Å². The van der Waals surface area contributed by atoms with Crippen LogP contribution in [0.5, 0.6) is 0 Å². The third kappa shape index (κ3) is 4.41. The van der Waals surface area contributed by atoms with Crippen LogP contribution < -0.4 is 5.32 Å². The summed E-state index contributed by atoms with van der Waals surface area (Å²) in [6.45, 7) is 8.71. The lowest BCUT2D eigenvalue weighted by Gasteiger charge is -2.18. The molecule has 0 radical (unpaired) electrons. The van der Waals surface area contributed by atoms with Gasteiger partial charge in [0.05, 0.1) is 19.3 Å². The summed E-state index contributed by atoms with van der Waals surface area (Å²) in [5, 5.41) is 3.22.